The SMILES string of the molecule is COC(=O)/C(=N\Nc1ccc(OC)cc1)Sc1nnc(-c2ccccc2)n1-c1ccccc1. The second kappa shape index (κ2) is 10.5. The smallest absolute Gasteiger partial charge is 0.365 e. The number of thioether (sulfide) groups is 1. The maximum atomic E-state index is 12.5. The summed E-state index contributed by atoms with van der Waals surface area (Å²) in [5, 5.41) is 13.6. The zero-order chi connectivity index (χ0) is 23.0. The van der Waals surface area contributed by atoms with E-state index in [1.54, 1.807) is 31.4 Å². The molecule has 0 radical (unpaired) electrons. The van der Waals surface area contributed by atoms with Crippen molar-refractivity contribution in [1.29, 1.82) is 0 Å². The number of rotatable bonds is 6. The lowest BCUT2D eigenvalue weighted by Gasteiger charge is -2.11. The first-order valence-electron chi connectivity index (χ1n) is 10.00. The average Bonchev–Trinajstić information content (AvgIpc) is 3.31. The van der Waals surface area contributed by atoms with E-state index in [1.165, 1.54) is 7.11 Å². The van der Waals surface area contributed by atoms with Crippen molar-refractivity contribution >= 4 is 28.5 Å². The first-order chi connectivity index (χ1) is 16.2. The van der Waals surface area contributed by atoms with Gasteiger partial charge < -0.3 is 9.47 Å². The summed E-state index contributed by atoms with van der Waals surface area (Å²) in [6.45, 7) is 0. The minimum Gasteiger partial charge on any atom is -0.497 e. The Morgan fingerprint density at radius 1 is 0.909 bits per heavy atom. The number of methoxy groups -OCH3 is 2. The number of carbonyl (C=O) groups excluding carboxylic acids is 1. The number of nitrogens with one attached hydrogen (secondary N) is 1. The van der Waals surface area contributed by atoms with Crippen LogP contribution in [0.5, 0.6) is 5.75 Å². The molecule has 0 aliphatic heterocycles. The van der Waals surface area contributed by atoms with E-state index in [0.717, 1.165) is 28.8 Å². The van der Waals surface area contributed by atoms with Gasteiger partial charge in [0.1, 0.15) is 5.75 Å². The maximum absolute atomic E-state index is 12.5. The van der Waals surface area contributed by atoms with Crippen LogP contribution in [0.3, 0.4) is 0 Å². The lowest BCUT2D eigenvalue weighted by molar-refractivity contribution is -0.132. The summed E-state index contributed by atoms with van der Waals surface area (Å²) >= 11 is 1.06. The van der Waals surface area contributed by atoms with Crippen LogP contribution < -0.4 is 10.2 Å². The van der Waals surface area contributed by atoms with Crippen molar-refractivity contribution in [1.82, 2.24) is 14.8 Å². The van der Waals surface area contributed by atoms with Crippen LogP contribution in [-0.4, -0.2) is 40.0 Å². The molecule has 9 heteroatoms. The van der Waals surface area contributed by atoms with E-state index in [2.05, 4.69) is 20.7 Å². The molecule has 4 aromatic rings. The molecule has 0 aliphatic carbocycles. The largest absolute Gasteiger partial charge is 0.497 e. The number of aromatic nitrogens is 3. The van der Waals surface area contributed by atoms with Gasteiger partial charge in [-0.05, 0) is 48.2 Å². The number of anilines is 1. The lowest BCUT2D eigenvalue weighted by atomic mass is 10.2. The number of carbonyl (C=O) groups is 1. The molecule has 0 unspecified atom stereocenters. The summed E-state index contributed by atoms with van der Waals surface area (Å²) in [4.78, 5) is 12.5. The average molecular weight is 460 g/mol. The highest BCUT2D eigenvalue weighted by molar-refractivity contribution is 8.15. The Hall–Kier alpha value is -4.11. The Labute approximate surface area is 195 Å². The predicted octanol–water partition coefficient (Wildman–Crippen LogP) is 4.63. The Kier molecular flexibility index (Phi) is 7.01. The number of para-hydroxylation sites is 1. The number of hydrogen-bond acceptors (Lipinski definition) is 8. The first kappa shape index (κ1) is 22.1. The summed E-state index contributed by atoms with van der Waals surface area (Å²) < 4.78 is 12.0. The number of hydrazone groups is 1. The highest BCUT2D eigenvalue weighted by Gasteiger charge is 2.22. The van der Waals surface area contributed by atoms with Crippen LogP contribution in [0.4, 0.5) is 5.69 Å². The van der Waals surface area contributed by atoms with Crippen molar-refractivity contribution in [2.75, 3.05) is 19.6 Å². The van der Waals surface area contributed by atoms with Gasteiger partial charge in [-0.15, -0.1) is 10.2 Å². The van der Waals surface area contributed by atoms with E-state index < -0.39 is 5.97 Å². The maximum Gasteiger partial charge on any atom is 0.365 e. The van der Waals surface area contributed by atoms with Crippen LogP contribution in [0.15, 0.2) is 95.2 Å². The summed E-state index contributed by atoms with van der Waals surface area (Å²) in [6, 6.07) is 26.6. The molecule has 0 fully saturated rings. The third kappa shape index (κ3) is 5.21. The van der Waals surface area contributed by atoms with Gasteiger partial charge in [0.05, 0.1) is 19.9 Å². The third-order valence-electron chi connectivity index (χ3n) is 4.60. The monoisotopic (exact) mass is 459 g/mol. The predicted molar refractivity (Wildman–Crippen MR) is 129 cm³/mol. The molecule has 8 nitrogen and oxygen atoms in total. The van der Waals surface area contributed by atoms with Crippen LogP contribution in [0.2, 0.25) is 0 Å². The molecule has 4 rings (SSSR count). The molecular formula is C24H21N5O3S. The van der Waals surface area contributed by atoms with Crippen molar-refractivity contribution in [3.63, 3.8) is 0 Å². The zero-order valence-corrected chi connectivity index (χ0v) is 18.8. The number of ether oxygens (including phenoxy) is 2. The molecule has 0 bridgehead atoms. The quantitative estimate of drug-likeness (QED) is 0.148. The van der Waals surface area contributed by atoms with Crippen molar-refractivity contribution in [2.24, 2.45) is 5.10 Å². The molecule has 0 saturated heterocycles. The fourth-order valence-electron chi connectivity index (χ4n) is 2.98. The van der Waals surface area contributed by atoms with Crippen molar-refractivity contribution in [2.45, 2.75) is 5.16 Å². The summed E-state index contributed by atoms with van der Waals surface area (Å²) in [6.07, 6.45) is 0. The fraction of sp³-hybridized carbons (Fsp3) is 0.0833. The van der Waals surface area contributed by atoms with Gasteiger partial charge >= 0.3 is 5.97 Å². The summed E-state index contributed by atoms with van der Waals surface area (Å²) in [5.74, 6) is 0.776. The van der Waals surface area contributed by atoms with Crippen molar-refractivity contribution < 1.29 is 14.3 Å². The molecule has 0 atom stereocenters. The Balaban J connectivity index is 1.70. The molecule has 1 heterocycles. The molecule has 0 aliphatic rings. The van der Waals surface area contributed by atoms with Gasteiger partial charge in [0.2, 0.25) is 10.2 Å². The van der Waals surface area contributed by atoms with E-state index >= 15 is 0 Å². The van der Waals surface area contributed by atoms with E-state index in [4.69, 9.17) is 9.47 Å². The van der Waals surface area contributed by atoms with Crippen LogP contribution in [0.25, 0.3) is 17.1 Å². The molecule has 0 saturated carbocycles. The zero-order valence-electron chi connectivity index (χ0n) is 18.0. The van der Waals surface area contributed by atoms with Gasteiger partial charge in [0.25, 0.3) is 0 Å². The molecule has 0 amide bonds. The third-order valence-corrected chi connectivity index (χ3v) is 5.50. The number of esters is 1. The number of nitrogens with zero attached hydrogens (tertiary/aromatic N) is 4. The van der Waals surface area contributed by atoms with E-state index in [9.17, 15) is 4.79 Å². The number of benzene rings is 3. The second-order valence-electron chi connectivity index (χ2n) is 6.69. The second-order valence-corrected chi connectivity index (χ2v) is 7.65. The van der Waals surface area contributed by atoms with Gasteiger partial charge in [-0.2, -0.15) is 5.10 Å². The van der Waals surface area contributed by atoms with E-state index in [-0.39, 0.29) is 5.04 Å². The van der Waals surface area contributed by atoms with E-state index in [1.807, 2.05) is 65.2 Å². The lowest BCUT2D eigenvalue weighted by Crippen LogP contribution is -2.15. The molecule has 33 heavy (non-hydrogen) atoms. The van der Waals surface area contributed by atoms with Crippen LogP contribution in [0.1, 0.15) is 0 Å². The molecule has 1 N–H and O–H groups in total. The van der Waals surface area contributed by atoms with Crippen LogP contribution in [0, 0.1) is 0 Å². The van der Waals surface area contributed by atoms with Gasteiger partial charge in [-0.3, -0.25) is 9.99 Å². The number of hydrogen-bond donors (Lipinski definition) is 1. The molecule has 1 aromatic heterocycles. The standard InChI is InChI=1S/C24H21N5O3S/c1-31-20-15-13-18(14-16-20)25-27-22(23(30)32-2)33-24-28-26-21(17-9-5-3-6-10-17)29(24)19-11-7-4-8-12-19/h3-16,25H,1-2H3/b27-22+. The van der Waals surface area contributed by atoms with Gasteiger partial charge in [0, 0.05) is 11.3 Å². The van der Waals surface area contributed by atoms with Crippen LogP contribution >= 0.6 is 11.8 Å². The summed E-state index contributed by atoms with van der Waals surface area (Å²) in [5.41, 5.74) is 5.32. The van der Waals surface area contributed by atoms with Gasteiger partial charge in [-0.1, -0.05) is 48.5 Å². The van der Waals surface area contributed by atoms with Gasteiger partial charge in [-0.25, -0.2) is 4.79 Å². The molecule has 3 aromatic carbocycles. The van der Waals surface area contributed by atoms with E-state index in [0.29, 0.717) is 16.7 Å². The molecule has 0 spiro atoms. The first-order valence-corrected chi connectivity index (χ1v) is 10.8. The molecule has 166 valence electrons. The molecular weight excluding hydrogens is 438 g/mol. The minimum absolute atomic E-state index is 0.0810. The Bertz CT molecular complexity index is 1240. The topological polar surface area (TPSA) is 90.6 Å². The van der Waals surface area contributed by atoms with Crippen molar-refractivity contribution in [3.8, 4) is 22.8 Å². The summed E-state index contributed by atoms with van der Waals surface area (Å²) in [7, 11) is 2.91. The highest BCUT2D eigenvalue weighted by Crippen LogP contribution is 2.29. The minimum atomic E-state index is -0.593. The fourth-order valence-corrected chi connectivity index (χ4v) is 3.78. The van der Waals surface area contributed by atoms with Gasteiger partial charge in [0.15, 0.2) is 5.82 Å². The Morgan fingerprint density at radius 2 is 1.58 bits per heavy atom. The van der Waals surface area contributed by atoms with Crippen molar-refractivity contribution in [3.05, 3.63) is 84.9 Å². The normalized spacial score (nSPS) is 11.2. The highest BCUT2D eigenvalue weighted by atomic mass is 32.2. The Morgan fingerprint density at radius 3 is 2.21 bits per heavy atom. The van der Waals surface area contributed by atoms with Crippen LogP contribution in [-0.2, 0) is 9.53 Å².